The van der Waals surface area contributed by atoms with E-state index in [1.165, 1.54) is 94.7 Å². The van der Waals surface area contributed by atoms with Crippen LogP contribution in [0, 0.1) is 178 Å². The third kappa shape index (κ3) is 17.5. The van der Waals surface area contributed by atoms with Gasteiger partial charge in [-0.25, -0.2) is 14.0 Å². The molecule has 0 saturated heterocycles. The Kier molecular flexibility index (Phi) is 26.7. The lowest BCUT2D eigenvalue weighted by molar-refractivity contribution is -0.155. The number of Topliss-reactive ketones (excluding diaryl/α,β-unsaturated/α-hetero) is 4. The van der Waals surface area contributed by atoms with Crippen molar-refractivity contribution in [2.24, 2.45) is 164 Å². The summed E-state index contributed by atoms with van der Waals surface area (Å²) < 4.78 is 27.6. The first-order chi connectivity index (χ1) is 59.4. The molecule has 4 aromatic rings. The van der Waals surface area contributed by atoms with Crippen molar-refractivity contribution in [1.29, 1.82) is 0 Å². The van der Waals surface area contributed by atoms with Gasteiger partial charge >= 0.3 is 0 Å². The summed E-state index contributed by atoms with van der Waals surface area (Å²) in [5.41, 5.74) is -1.90. The number of hydrogen-bond donors (Lipinski definition) is 4. The number of carbonyl (C=O) groups excluding carboxylic acids is 4. The zero-order valence-electron chi connectivity index (χ0n) is 77.2. The maximum Gasteiger partial charge on any atom is 0.171 e. The number of rotatable bonds is 21. The van der Waals surface area contributed by atoms with Gasteiger partial charge in [-0.05, 0) is 415 Å². The van der Waals surface area contributed by atoms with Gasteiger partial charge in [0.1, 0.15) is 32.0 Å². The van der Waals surface area contributed by atoms with E-state index in [2.05, 4.69) is 79.3 Å². The molecule has 0 aromatic carbocycles. The summed E-state index contributed by atoms with van der Waals surface area (Å²) in [6.45, 7) is 23.4. The van der Waals surface area contributed by atoms with Crippen molar-refractivity contribution in [3.63, 3.8) is 0 Å². The van der Waals surface area contributed by atoms with Crippen molar-refractivity contribution >= 4 is 23.1 Å². The second kappa shape index (κ2) is 36.5. The van der Waals surface area contributed by atoms with Crippen molar-refractivity contribution in [1.82, 2.24) is 70.4 Å². The molecule has 4 heterocycles. The standard InChI is InChI=1S/2C25H40N4O3.2C24H37N3O3/c1-4-32-15-25(31)12-10-18-17(13-25)5-6-20-19(18)9-11-24(3)21(20)7-8-22(24)23(30)14-29-16(2)26-27-28-29;1-4-32-15-25(31)12-10-18-17(13-25)5-6-20-19(18)9-11-24(3)21(20)7-8-22(24)23(30)14-29-27-16(2)26-28-29;1-23(29)8-6-16-15-7-9-24(2)19(17(15)12-22(30-3)18(16)13-23)4-5-20(24)21(28)14-27-11-10-25-26-27;1-23-9-7-18-17-8-10-24(29,15-30-2)13-16(17)3-4-19(18)20(23)5-6-21(23)22(28)14-27-12-11-25-26-27/h2*17-22,31H,4-15H2,1-3H3;10-11,15-20,22,29H,4-9,12-14H2,1-3H3;11-12,16-21,29H,3-10,13-15H2,1-2H3/t2*17-,18+,19-,20-,21+,22-,24+,25-;15-,16-,17-,18-,19+,20-,22-,23-,24+;16-,17+,18-,19-,20+,21-,23+,24-/m1111/s1. The van der Waals surface area contributed by atoms with Gasteiger partial charge in [-0.15, -0.1) is 25.5 Å². The van der Waals surface area contributed by atoms with E-state index in [1.54, 1.807) is 52.9 Å². The zero-order chi connectivity index (χ0) is 87.0. The largest absolute Gasteiger partial charge is 0.390 e. The molecule has 0 unspecified atom stereocenters. The number of methoxy groups -OCH3 is 2. The molecule has 688 valence electrons. The molecule has 26 nitrogen and oxygen atoms in total. The minimum atomic E-state index is -0.619. The predicted molar refractivity (Wildman–Crippen MR) is 464 cm³/mol. The van der Waals surface area contributed by atoms with E-state index in [4.69, 9.17) is 18.9 Å². The topological polar surface area (TPSA) is 335 Å². The van der Waals surface area contributed by atoms with Crippen LogP contribution in [0.3, 0.4) is 0 Å². The highest BCUT2D eigenvalue weighted by Gasteiger charge is 2.65. The quantitative estimate of drug-likeness (QED) is 0.0602. The molecule has 124 heavy (non-hydrogen) atoms. The molecule has 16 fully saturated rings. The van der Waals surface area contributed by atoms with Gasteiger partial charge in [-0.2, -0.15) is 4.80 Å². The Morgan fingerprint density at radius 1 is 0.403 bits per heavy atom. The summed E-state index contributed by atoms with van der Waals surface area (Å²) in [7, 11) is 3.55. The maximum atomic E-state index is 13.3. The molecular formula is C98H154N14O12. The lowest BCUT2D eigenvalue weighted by atomic mass is 9.48. The van der Waals surface area contributed by atoms with Crippen molar-refractivity contribution in [3.05, 3.63) is 36.4 Å². The summed E-state index contributed by atoms with van der Waals surface area (Å²) in [6, 6.07) is 0. The highest BCUT2D eigenvalue weighted by Crippen LogP contribution is 2.70. The summed E-state index contributed by atoms with van der Waals surface area (Å²) in [5.74, 6) is 17.1. The lowest BCUT2D eigenvalue weighted by Crippen LogP contribution is -2.55. The summed E-state index contributed by atoms with van der Waals surface area (Å²) >= 11 is 0. The molecule has 20 rings (SSSR count). The van der Waals surface area contributed by atoms with Crippen LogP contribution in [0.25, 0.3) is 0 Å². The number of hydrogen-bond acceptors (Lipinski definition) is 22. The van der Waals surface area contributed by atoms with Gasteiger partial charge in [0.15, 0.2) is 29.0 Å². The summed E-state index contributed by atoms with van der Waals surface area (Å²) in [5, 5.41) is 83.3. The first-order valence-electron chi connectivity index (χ1n) is 49.8. The fourth-order valence-electron chi connectivity index (χ4n) is 34.0. The minimum Gasteiger partial charge on any atom is -0.390 e. The van der Waals surface area contributed by atoms with Crippen molar-refractivity contribution < 1.29 is 58.6 Å². The van der Waals surface area contributed by atoms with Gasteiger partial charge in [0.05, 0.1) is 60.7 Å². The highest BCUT2D eigenvalue weighted by atomic mass is 16.5. The smallest absolute Gasteiger partial charge is 0.171 e. The van der Waals surface area contributed by atoms with Crippen molar-refractivity contribution in [2.45, 2.75) is 342 Å². The first-order valence-corrected chi connectivity index (χ1v) is 49.8. The molecule has 4 N–H and O–H groups in total. The van der Waals surface area contributed by atoms with Crippen LogP contribution in [-0.2, 0) is 64.3 Å². The Balaban J connectivity index is 0.000000117. The second-order valence-corrected chi connectivity index (χ2v) is 45.4. The monoisotopic (exact) mass is 1720 g/mol. The fraction of sp³-hybridized carbons (Fsp3) is 0.898. The number of nitrogens with zero attached hydrogens (tertiary/aromatic N) is 14. The van der Waals surface area contributed by atoms with Crippen LogP contribution >= 0.6 is 0 Å². The number of aromatic nitrogens is 14. The molecule has 4 aromatic heterocycles. The van der Waals surface area contributed by atoms with Crippen LogP contribution in [0.15, 0.2) is 24.8 Å². The predicted octanol–water partition coefficient (Wildman–Crippen LogP) is 14.2. The molecule has 16 aliphatic carbocycles. The Labute approximate surface area is 737 Å². The molecule has 16 aliphatic rings. The summed E-state index contributed by atoms with van der Waals surface area (Å²) in [6.07, 6.45) is 45.9. The van der Waals surface area contributed by atoms with E-state index < -0.39 is 22.4 Å². The van der Waals surface area contributed by atoms with Crippen LogP contribution in [-0.4, -0.2) is 190 Å². The van der Waals surface area contributed by atoms with Crippen LogP contribution in [0.4, 0.5) is 0 Å². The third-order valence-corrected chi connectivity index (χ3v) is 39.4. The average molecular weight is 1720 g/mol. The van der Waals surface area contributed by atoms with Gasteiger partial charge in [0.25, 0.3) is 0 Å². The van der Waals surface area contributed by atoms with Crippen LogP contribution < -0.4 is 0 Å². The second-order valence-electron chi connectivity index (χ2n) is 45.4. The number of aryl methyl sites for hydroxylation is 2. The van der Waals surface area contributed by atoms with Gasteiger partial charge in [0.2, 0.25) is 0 Å². The molecule has 0 amide bonds. The normalized spacial score (nSPS) is 45.0. The van der Waals surface area contributed by atoms with Gasteiger partial charge < -0.3 is 39.4 Å². The fourth-order valence-corrected chi connectivity index (χ4v) is 34.0. The molecule has 33 atom stereocenters. The molecule has 26 heteroatoms. The number of carbonyl (C=O) groups is 4. The van der Waals surface area contributed by atoms with Gasteiger partial charge in [-0.3, -0.25) is 19.2 Å². The van der Waals surface area contributed by atoms with Crippen molar-refractivity contribution in [2.75, 3.05) is 47.3 Å². The van der Waals surface area contributed by atoms with Crippen LogP contribution in [0.2, 0.25) is 0 Å². The number of ketones is 4. The molecule has 0 radical (unpaired) electrons. The van der Waals surface area contributed by atoms with Gasteiger partial charge in [-0.1, -0.05) is 38.1 Å². The highest BCUT2D eigenvalue weighted by molar-refractivity contribution is 5.83. The Morgan fingerprint density at radius 3 is 1.17 bits per heavy atom. The third-order valence-electron chi connectivity index (χ3n) is 39.4. The number of ether oxygens (including phenoxy) is 4. The Hall–Kier alpha value is -5.22. The number of aliphatic hydroxyl groups is 4. The lowest BCUT2D eigenvalue weighted by Gasteiger charge is -2.58. The van der Waals surface area contributed by atoms with E-state index in [-0.39, 0.29) is 63.8 Å². The van der Waals surface area contributed by atoms with E-state index in [0.29, 0.717) is 141 Å². The minimum absolute atomic E-state index is 0.101. The number of tetrazole rings is 2. The Morgan fingerprint density at radius 2 is 0.790 bits per heavy atom. The zero-order valence-corrected chi connectivity index (χ0v) is 77.2. The van der Waals surface area contributed by atoms with Gasteiger partial charge in [0, 0.05) is 63.5 Å². The molecule has 0 aliphatic heterocycles. The van der Waals surface area contributed by atoms with Crippen LogP contribution in [0.1, 0.15) is 285 Å². The first kappa shape index (κ1) is 90.7. The van der Waals surface area contributed by atoms with Crippen LogP contribution in [0.5, 0.6) is 0 Å². The van der Waals surface area contributed by atoms with E-state index >= 15 is 0 Å². The SMILES string of the molecule is CCOC[C@@]1(O)CC[C@H]2[C@H](CC[C@@H]3[C@@H]2CC[C@]2(C)[C@@H](C(=O)Cn4nnc(C)n4)CC[C@@H]32)C1.CCOC[C@@]1(O)CC[C@H]2[C@H](CC[C@@H]3[C@@H]2CC[C@]2(C)[C@@H](C(=O)Cn4nnnc4C)CC[C@@H]32)C1.COC[C@@]1(O)CC[C@H]2[C@H](CC[C@@H]3[C@@H]2CC[C@]2(C)[C@@H](C(=O)Cn4ccnn4)CC[C@@H]32)C1.CO[C@@H]1C[C@@H]2[C@H](CC[C@]3(C)[C@@H](C(=O)Cn4ccnn4)CC[C@@H]23)[C@H]2CC[C@@](C)(O)C[C@H]21. The Bertz CT molecular complexity index is 4290. The van der Waals surface area contributed by atoms with E-state index in [0.717, 1.165) is 194 Å². The molecular weight excluding hydrogens is 1570 g/mol. The maximum absolute atomic E-state index is 13.3. The van der Waals surface area contributed by atoms with E-state index in [9.17, 15) is 39.6 Å². The number of fused-ring (bicyclic) bond motifs is 20. The summed E-state index contributed by atoms with van der Waals surface area (Å²) in [4.78, 5) is 54.4. The molecule has 0 spiro atoms. The van der Waals surface area contributed by atoms with Crippen molar-refractivity contribution in [3.8, 4) is 0 Å². The van der Waals surface area contributed by atoms with E-state index in [1.807, 2.05) is 34.8 Å². The molecule has 16 saturated carbocycles. The molecule has 0 bridgehead atoms. The average Bonchev–Trinajstić information content (AvgIpc) is 1.48.